The fourth-order valence-electron chi connectivity index (χ4n) is 3.95. The molecule has 2 aliphatic rings. The minimum Gasteiger partial charge on any atom is -0.352 e. The molecule has 1 saturated heterocycles. The Bertz CT molecular complexity index is 910. The first-order valence-electron chi connectivity index (χ1n) is 10.2. The number of hydrogen-bond acceptors (Lipinski definition) is 3. The van der Waals surface area contributed by atoms with Crippen LogP contribution in [0.5, 0.6) is 0 Å². The van der Waals surface area contributed by atoms with Gasteiger partial charge in [0.05, 0.1) is 12.1 Å². The Kier molecular flexibility index (Phi) is 5.41. The lowest BCUT2D eigenvalue weighted by molar-refractivity contribution is -0.122. The normalized spacial score (nSPS) is 17.4. The largest absolute Gasteiger partial charge is 0.352 e. The second kappa shape index (κ2) is 7.99. The summed E-state index contributed by atoms with van der Waals surface area (Å²) >= 11 is 0. The van der Waals surface area contributed by atoms with Crippen molar-refractivity contribution < 1.29 is 14.0 Å². The monoisotopic (exact) mass is 398 g/mol. The zero-order chi connectivity index (χ0) is 20.5. The molecule has 1 saturated carbocycles. The van der Waals surface area contributed by atoms with Gasteiger partial charge < -0.3 is 14.8 Å². The Balaban J connectivity index is 1.40. The summed E-state index contributed by atoms with van der Waals surface area (Å²) in [4.78, 5) is 29.0. The predicted octanol–water partition coefficient (Wildman–Crippen LogP) is 2.27. The Morgan fingerprint density at radius 3 is 2.34 bits per heavy atom. The summed E-state index contributed by atoms with van der Waals surface area (Å²) in [5, 5.41) is 3.01. The van der Waals surface area contributed by atoms with Crippen LogP contribution in [-0.2, 0) is 4.79 Å². The summed E-state index contributed by atoms with van der Waals surface area (Å²) in [5.41, 5.74) is 3.30. The molecule has 7 heteroatoms. The first-order valence-corrected chi connectivity index (χ1v) is 10.2. The predicted molar refractivity (Wildman–Crippen MR) is 109 cm³/mol. The van der Waals surface area contributed by atoms with E-state index in [1.165, 1.54) is 12.1 Å². The van der Waals surface area contributed by atoms with Gasteiger partial charge in [-0.3, -0.25) is 14.5 Å². The Labute approximate surface area is 170 Å². The van der Waals surface area contributed by atoms with E-state index < -0.39 is 0 Å². The number of halogens is 1. The van der Waals surface area contributed by atoms with Crippen LogP contribution < -0.4 is 5.32 Å². The quantitative estimate of drug-likeness (QED) is 0.841. The fourth-order valence-corrected chi connectivity index (χ4v) is 3.95. The third kappa shape index (κ3) is 4.34. The summed E-state index contributed by atoms with van der Waals surface area (Å²) in [6.07, 6.45) is 2.18. The van der Waals surface area contributed by atoms with Gasteiger partial charge in [-0.25, -0.2) is 4.39 Å². The van der Waals surface area contributed by atoms with Crippen LogP contribution in [-0.4, -0.2) is 64.9 Å². The van der Waals surface area contributed by atoms with Crippen molar-refractivity contribution in [1.82, 2.24) is 19.7 Å². The first kappa shape index (κ1) is 19.6. The lowest BCUT2D eigenvalue weighted by atomic mass is 10.2. The van der Waals surface area contributed by atoms with Crippen molar-refractivity contribution in [2.24, 2.45) is 0 Å². The van der Waals surface area contributed by atoms with Crippen LogP contribution in [0.25, 0.3) is 5.69 Å². The van der Waals surface area contributed by atoms with Crippen LogP contribution >= 0.6 is 0 Å². The molecule has 154 valence electrons. The molecule has 1 aromatic heterocycles. The van der Waals surface area contributed by atoms with Gasteiger partial charge in [0.15, 0.2) is 0 Å². The highest BCUT2D eigenvalue weighted by Gasteiger charge is 2.28. The molecule has 2 fully saturated rings. The van der Waals surface area contributed by atoms with E-state index in [9.17, 15) is 14.0 Å². The molecule has 1 aliphatic carbocycles. The van der Waals surface area contributed by atoms with Crippen molar-refractivity contribution in [2.45, 2.75) is 32.7 Å². The molecule has 2 amide bonds. The van der Waals surface area contributed by atoms with Crippen LogP contribution in [0.15, 0.2) is 30.3 Å². The molecule has 0 bridgehead atoms. The summed E-state index contributed by atoms with van der Waals surface area (Å²) in [6.45, 7) is 6.87. The summed E-state index contributed by atoms with van der Waals surface area (Å²) in [7, 11) is 0. The Hall–Kier alpha value is -2.67. The lowest BCUT2D eigenvalue weighted by Crippen LogP contribution is -2.51. The number of aromatic nitrogens is 1. The second-order valence-corrected chi connectivity index (χ2v) is 8.01. The van der Waals surface area contributed by atoms with E-state index in [1.807, 2.05) is 29.4 Å². The smallest absolute Gasteiger partial charge is 0.255 e. The lowest BCUT2D eigenvalue weighted by Gasteiger charge is -2.34. The van der Waals surface area contributed by atoms with E-state index in [4.69, 9.17) is 0 Å². The van der Waals surface area contributed by atoms with Gasteiger partial charge in [-0.15, -0.1) is 0 Å². The Morgan fingerprint density at radius 2 is 1.72 bits per heavy atom. The maximum absolute atomic E-state index is 13.3. The fraction of sp³-hybridized carbons (Fsp3) is 0.455. The molecule has 1 aromatic carbocycles. The number of rotatable bonds is 5. The summed E-state index contributed by atoms with van der Waals surface area (Å²) in [5.74, 6) is -0.195. The van der Waals surface area contributed by atoms with Gasteiger partial charge in [0.1, 0.15) is 5.82 Å². The van der Waals surface area contributed by atoms with Crippen molar-refractivity contribution in [3.8, 4) is 5.69 Å². The van der Waals surface area contributed by atoms with Gasteiger partial charge >= 0.3 is 0 Å². The summed E-state index contributed by atoms with van der Waals surface area (Å²) in [6, 6.07) is 8.56. The maximum atomic E-state index is 13.3. The van der Waals surface area contributed by atoms with Gasteiger partial charge in [-0.05, 0) is 57.0 Å². The SMILES string of the molecule is Cc1cc(C(=O)N2CCN(CC(=O)NC3CC3)CC2)c(C)n1-c1ccc(F)cc1. The third-order valence-electron chi connectivity index (χ3n) is 5.72. The highest BCUT2D eigenvalue weighted by molar-refractivity contribution is 5.96. The van der Waals surface area contributed by atoms with Crippen LogP contribution in [0.2, 0.25) is 0 Å². The van der Waals surface area contributed by atoms with Gasteiger partial charge in [-0.2, -0.15) is 0 Å². The van der Waals surface area contributed by atoms with E-state index in [-0.39, 0.29) is 17.6 Å². The van der Waals surface area contributed by atoms with E-state index in [0.717, 1.165) is 29.9 Å². The van der Waals surface area contributed by atoms with Crippen LogP contribution in [0.4, 0.5) is 4.39 Å². The molecule has 0 spiro atoms. The molecular weight excluding hydrogens is 371 g/mol. The van der Waals surface area contributed by atoms with Crippen molar-refractivity contribution in [3.63, 3.8) is 0 Å². The van der Waals surface area contributed by atoms with E-state index in [0.29, 0.717) is 44.3 Å². The summed E-state index contributed by atoms with van der Waals surface area (Å²) < 4.78 is 15.2. The van der Waals surface area contributed by atoms with Crippen molar-refractivity contribution in [3.05, 3.63) is 53.1 Å². The molecular formula is C22H27FN4O2. The number of nitrogens with one attached hydrogen (secondary N) is 1. The Morgan fingerprint density at radius 1 is 1.07 bits per heavy atom. The number of aryl methyl sites for hydroxylation is 1. The van der Waals surface area contributed by atoms with E-state index in [1.54, 1.807) is 12.1 Å². The minimum absolute atomic E-state index is 0.00791. The zero-order valence-corrected chi connectivity index (χ0v) is 16.9. The number of carbonyl (C=O) groups is 2. The average Bonchev–Trinajstić information content (AvgIpc) is 3.46. The highest BCUT2D eigenvalue weighted by Crippen LogP contribution is 2.23. The van der Waals surface area contributed by atoms with E-state index >= 15 is 0 Å². The molecule has 0 radical (unpaired) electrons. The molecule has 1 aliphatic heterocycles. The van der Waals surface area contributed by atoms with Crippen LogP contribution in [0.3, 0.4) is 0 Å². The molecule has 0 unspecified atom stereocenters. The molecule has 2 aromatic rings. The van der Waals surface area contributed by atoms with Crippen LogP contribution in [0, 0.1) is 19.7 Å². The number of benzene rings is 1. The average molecular weight is 398 g/mol. The molecule has 6 nitrogen and oxygen atoms in total. The standard InChI is InChI=1S/C22H27FN4O2/c1-15-13-20(16(2)27(15)19-7-3-17(23)4-8-19)22(29)26-11-9-25(10-12-26)14-21(28)24-18-5-6-18/h3-4,7-8,13,18H,5-6,9-12,14H2,1-2H3,(H,24,28). The second-order valence-electron chi connectivity index (χ2n) is 8.01. The molecule has 0 atom stereocenters. The number of hydrogen-bond donors (Lipinski definition) is 1. The van der Waals surface area contributed by atoms with Crippen molar-refractivity contribution in [1.29, 1.82) is 0 Å². The molecule has 4 rings (SSSR count). The zero-order valence-electron chi connectivity index (χ0n) is 16.9. The number of nitrogens with zero attached hydrogens (tertiary/aromatic N) is 3. The van der Waals surface area contributed by atoms with Gasteiger partial charge in [0.2, 0.25) is 5.91 Å². The van der Waals surface area contributed by atoms with E-state index in [2.05, 4.69) is 10.2 Å². The molecule has 1 N–H and O–H groups in total. The number of amides is 2. The number of carbonyl (C=O) groups excluding carboxylic acids is 2. The number of piperazine rings is 1. The van der Waals surface area contributed by atoms with Crippen LogP contribution in [0.1, 0.15) is 34.6 Å². The highest BCUT2D eigenvalue weighted by atomic mass is 19.1. The van der Waals surface area contributed by atoms with Gasteiger partial charge in [0.25, 0.3) is 5.91 Å². The molecule has 29 heavy (non-hydrogen) atoms. The van der Waals surface area contributed by atoms with Crippen molar-refractivity contribution in [2.75, 3.05) is 32.7 Å². The minimum atomic E-state index is -0.281. The van der Waals surface area contributed by atoms with Crippen molar-refractivity contribution >= 4 is 11.8 Å². The molecule has 2 heterocycles. The maximum Gasteiger partial charge on any atom is 0.255 e. The first-order chi connectivity index (χ1) is 13.9. The topological polar surface area (TPSA) is 57.6 Å². The van der Waals surface area contributed by atoms with Gasteiger partial charge in [-0.1, -0.05) is 0 Å². The van der Waals surface area contributed by atoms with Gasteiger partial charge in [0, 0.05) is 49.3 Å². The third-order valence-corrected chi connectivity index (χ3v) is 5.72.